The van der Waals surface area contributed by atoms with Crippen molar-refractivity contribution in [2.24, 2.45) is 0 Å². The topological polar surface area (TPSA) is 90.9 Å². The molecule has 0 aliphatic rings. The van der Waals surface area contributed by atoms with E-state index >= 15 is 0 Å². The van der Waals surface area contributed by atoms with Crippen LogP contribution in [0.15, 0.2) is 66.7 Å². The Morgan fingerprint density at radius 2 is 1.35 bits per heavy atom. The summed E-state index contributed by atoms with van der Waals surface area (Å²) in [4.78, 5) is 37.5. The molecule has 0 bridgehead atoms. The van der Waals surface area contributed by atoms with Crippen LogP contribution in [0, 0.1) is 0 Å². The molecule has 158 valence electrons. The average molecular weight is 419 g/mol. The lowest BCUT2D eigenvalue weighted by molar-refractivity contribution is -0.131. The molecule has 3 rings (SSSR count). The highest BCUT2D eigenvalue weighted by Gasteiger charge is 2.21. The number of hydrogen-bond acceptors (Lipinski definition) is 6. The second-order valence-corrected chi connectivity index (χ2v) is 6.49. The molecule has 0 saturated carbocycles. The van der Waals surface area contributed by atoms with E-state index in [4.69, 9.17) is 14.2 Å². The molecule has 1 N–H and O–H groups in total. The third-order valence-corrected chi connectivity index (χ3v) is 4.44. The summed E-state index contributed by atoms with van der Waals surface area (Å²) in [5.74, 6) is -0.808. The van der Waals surface area contributed by atoms with Crippen LogP contribution in [0.25, 0.3) is 0 Å². The van der Waals surface area contributed by atoms with Gasteiger partial charge in [0, 0.05) is 30.2 Å². The van der Waals surface area contributed by atoms with Gasteiger partial charge in [0.1, 0.15) is 5.75 Å². The zero-order valence-corrected chi connectivity index (χ0v) is 17.3. The number of para-hydroxylation sites is 1. The minimum Gasteiger partial charge on any atom is -0.493 e. The van der Waals surface area contributed by atoms with Gasteiger partial charge in [-0.15, -0.1) is 0 Å². The molecule has 7 heteroatoms. The second kappa shape index (κ2) is 9.58. The lowest BCUT2D eigenvalue weighted by Gasteiger charge is -2.15. The first kappa shape index (κ1) is 21.6. The number of carbonyl (C=O) groups excluding carboxylic acids is 3. The maximum atomic E-state index is 13.1. The predicted molar refractivity (Wildman–Crippen MR) is 115 cm³/mol. The molecule has 0 aliphatic heterocycles. The number of benzene rings is 3. The van der Waals surface area contributed by atoms with Crippen LogP contribution in [0.3, 0.4) is 0 Å². The monoisotopic (exact) mass is 419 g/mol. The van der Waals surface area contributed by atoms with Gasteiger partial charge in [-0.25, -0.2) is 0 Å². The van der Waals surface area contributed by atoms with Crippen molar-refractivity contribution in [3.05, 3.63) is 83.4 Å². The van der Waals surface area contributed by atoms with Gasteiger partial charge in [0.15, 0.2) is 17.3 Å². The molecule has 7 nitrogen and oxygen atoms in total. The van der Waals surface area contributed by atoms with Gasteiger partial charge in [-0.05, 0) is 12.1 Å². The fraction of sp³-hybridized carbons (Fsp3) is 0.125. The summed E-state index contributed by atoms with van der Waals surface area (Å²) in [5.41, 5.74) is 1.20. The molecule has 1 amide bonds. The lowest BCUT2D eigenvalue weighted by atomic mass is 10.0. The Kier molecular flexibility index (Phi) is 6.67. The third kappa shape index (κ3) is 4.90. The van der Waals surface area contributed by atoms with Gasteiger partial charge >= 0.3 is 5.97 Å². The fourth-order valence-electron chi connectivity index (χ4n) is 3.00. The number of nitrogens with one attached hydrogen (secondary N) is 1. The minimum absolute atomic E-state index is 0.00881. The maximum Gasteiger partial charge on any atom is 0.308 e. The van der Waals surface area contributed by atoms with Gasteiger partial charge < -0.3 is 19.5 Å². The molecule has 3 aromatic carbocycles. The van der Waals surface area contributed by atoms with Gasteiger partial charge in [0.25, 0.3) is 5.91 Å². The van der Waals surface area contributed by atoms with Crippen molar-refractivity contribution in [1.29, 1.82) is 0 Å². The molecule has 0 unspecified atom stereocenters. The van der Waals surface area contributed by atoms with Crippen LogP contribution in [0.1, 0.15) is 33.2 Å². The molecule has 3 aromatic rings. The highest BCUT2D eigenvalue weighted by molar-refractivity contribution is 6.15. The molecule has 0 aromatic heterocycles. The largest absolute Gasteiger partial charge is 0.493 e. The van der Waals surface area contributed by atoms with Crippen LogP contribution in [0.5, 0.6) is 17.2 Å². The van der Waals surface area contributed by atoms with Crippen molar-refractivity contribution in [2.75, 3.05) is 19.5 Å². The molecule has 0 saturated heterocycles. The van der Waals surface area contributed by atoms with E-state index in [-0.39, 0.29) is 22.8 Å². The normalized spacial score (nSPS) is 10.2. The van der Waals surface area contributed by atoms with E-state index in [9.17, 15) is 14.4 Å². The Morgan fingerprint density at radius 3 is 2.00 bits per heavy atom. The van der Waals surface area contributed by atoms with Gasteiger partial charge in [-0.1, -0.05) is 42.5 Å². The Balaban J connectivity index is 1.99. The minimum atomic E-state index is -0.596. The van der Waals surface area contributed by atoms with Gasteiger partial charge in [0.2, 0.25) is 0 Å². The van der Waals surface area contributed by atoms with E-state index < -0.39 is 11.9 Å². The van der Waals surface area contributed by atoms with Crippen molar-refractivity contribution in [3.63, 3.8) is 0 Å². The third-order valence-electron chi connectivity index (χ3n) is 4.44. The summed E-state index contributed by atoms with van der Waals surface area (Å²) < 4.78 is 15.7. The van der Waals surface area contributed by atoms with E-state index in [0.717, 1.165) is 0 Å². The first-order valence-corrected chi connectivity index (χ1v) is 9.39. The Labute approximate surface area is 179 Å². The highest BCUT2D eigenvalue weighted by atomic mass is 16.5. The summed E-state index contributed by atoms with van der Waals surface area (Å²) in [7, 11) is 2.86. The van der Waals surface area contributed by atoms with Crippen molar-refractivity contribution < 1.29 is 28.6 Å². The van der Waals surface area contributed by atoms with Crippen molar-refractivity contribution in [1.82, 2.24) is 0 Å². The van der Waals surface area contributed by atoms with E-state index in [2.05, 4.69) is 5.32 Å². The average Bonchev–Trinajstić information content (AvgIpc) is 2.78. The molecule has 0 radical (unpaired) electrons. The van der Waals surface area contributed by atoms with Crippen molar-refractivity contribution in [2.45, 2.75) is 6.92 Å². The number of methoxy groups -OCH3 is 2. The fourth-order valence-corrected chi connectivity index (χ4v) is 3.00. The molecule has 31 heavy (non-hydrogen) atoms. The SMILES string of the molecule is COc1cc(OC(C)=O)c(C(=O)Nc2ccccc2C(=O)c2ccccc2)cc1OC. The maximum absolute atomic E-state index is 13.1. The quantitative estimate of drug-likeness (QED) is 0.352. The Morgan fingerprint density at radius 1 is 0.742 bits per heavy atom. The van der Waals surface area contributed by atoms with E-state index in [1.807, 2.05) is 6.07 Å². The zero-order chi connectivity index (χ0) is 22.4. The van der Waals surface area contributed by atoms with Gasteiger partial charge in [-0.3, -0.25) is 14.4 Å². The van der Waals surface area contributed by atoms with Crippen LogP contribution < -0.4 is 19.5 Å². The molecular weight excluding hydrogens is 398 g/mol. The van der Waals surface area contributed by atoms with Gasteiger partial charge in [0.05, 0.1) is 25.5 Å². The first-order chi connectivity index (χ1) is 14.9. The van der Waals surface area contributed by atoms with Crippen LogP contribution in [0.2, 0.25) is 0 Å². The number of anilines is 1. The molecular formula is C24H21NO6. The summed E-state index contributed by atoms with van der Waals surface area (Å²) in [6, 6.07) is 18.2. The van der Waals surface area contributed by atoms with Crippen molar-refractivity contribution >= 4 is 23.3 Å². The number of esters is 1. The number of ether oxygens (including phenoxy) is 3. The number of ketones is 1. The molecule has 0 aliphatic carbocycles. The standard InChI is InChI=1S/C24H21NO6/c1-15(26)31-20-14-22(30-3)21(29-2)13-18(20)24(28)25-19-12-8-7-11-17(19)23(27)16-9-5-4-6-10-16/h4-14H,1-3H3,(H,25,28). The zero-order valence-electron chi connectivity index (χ0n) is 17.3. The second-order valence-electron chi connectivity index (χ2n) is 6.49. The summed E-state index contributed by atoms with van der Waals surface area (Å²) in [5, 5.41) is 2.73. The summed E-state index contributed by atoms with van der Waals surface area (Å²) in [6.45, 7) is 1.23. The van der Waals surface area contributed by atoms with Crippen molar-refractivity contribution in [3.8, 4) is 17.2 Å². The Bertz CT molecular complexity index is 1120. The smallest absolute Gasteiger partial charge is 0.308 e. The lowest BCUT2D eigenvalue weighted by Crippen LogP contribution is -2.17. The molecule has 0 fully saturated rings. The number of amides is 1. The van der Waals surface area contributed by atoms with Gasteiger partial charge in [-0.2, -0.15) is 0 Å². The van der Waals surface area contributed by atoms with Crippen LogP contribution in [-0.2, 0) is 4.79 Å². The highest BCUT2D eigenvalue weighted by Crippen LogP contribution is 2.35. The first-order valence-electron chi connectivity index (χ1n) is 9.39. The molecule has 0 heterocycles. The number of rotatable bonds is 7. The van der Waals surface area contributed by atoms with E-state index in [1.165, 1.54) is 33.3 Å². The number of carbonyl (C=O) groups is 3. The summed E-state index contributed by atoms with van der Waals surface area (Å²) >= 11 is 0. The summed E-state index contributed by atoms with van der Waals surface area (Å²) in [6.07, 6.45) is 0. The van der Waals surface area contributed by atoms with E-state index in [1.54, 1.807) is 48.5 Å². The van der Waals surface area contributed by atoms with E-state index in [0.29, 0.717) is 22.6 Å². The van der Waals surface area contributed by atoms with Crippen LogP contribution in [-0.4, -0.2) is 31.9 Å². The van der Waals surface area contributed by atoms with Crippen LogP contribution >= 0.6 is 0 Å². The Hall–Kier alpha value is -4.13. The number of hydrogen-bond donors (Lipinski definition) is 1. The molecule has 0 atom stereocenters. The molecule has 0 spiro atoms. The van der Waals surface area contributed by atoms with Crippen LogP contribution in [0.4, 0.5) is 5.69 Å². The predicted octanol–water partition coefficient (Wildman–Crippen LogP) is 4.11.